The van der Waals surface area contributed by atoms with E-state index in [0.29, 0.717) is 55.6 Å². The monoisotopic (exact) mass is 1730 g/mol. The van der Waals surface area contributed by atoms with E-state index in [9.17, 15) is 38.4 Å². The van der Waals surface area contributed by atoms with E-state index in [1.54, 1.807) is 78.9 Å². The second-order valence-electron chi connectivity index (χ2n) is 32.6. The van der Waals surface area contributed by atoms with Gasteiger partial charge in [0.2, 0.25) is 0 Å². The van der Waals surface area contributed by atoms with Crippen LogP contribution in [-0.4, -0.2) is 52.0 Å². The quantitative estimate of drug-likeness (QED) is 0.0522. The van der Waals surface area contributed by atoms with Crippen molar-refractivity contribution >= 4 is 178 Å². The van der Waals surface area contributed by atoms with Gasteiger partial charge in [-0.15, -0.1) is 0 Å². The average molecular weight is 1730 g/mol. The van der Waals surface area contributed by atoms with E-state index in [-0.39, 0.29) is 52.0 Å². The fraction of sp³-hybridized carbons (Fsp3) is 0.0708. The molecule has 1 aliphatic carbocycles. The summed E-state index contributed by atoms with van der Waals surface area (Å²) in [7, 11) is 0. The number of ketones is 9. The smallest absolute Gasteiger partial charge is 0.194 e. The minimum absolute atomic E-state index is 0.0500. The summed E-state index contributed by atoms with van der Waals surface area (Å²) in [5.41, 5.74) is 26.3. The summed E-state index contributed by atoms with van der Waals surface area (Å²) in [5, 5.41) is 0. The Hall–Kier alpha value is -16.0. The van der Waals surface area contributed by atoms with E-state index >= 15 is 4.79 Å². The molecule has 16 aromatic carbocycles. The second kappa shape index (κ2) is 34.4. The zero-order chi connectivity index (χ0) is 90.0. The Morgan fingerprint density at radius 1 is 0.192 bits per heavy atom. The van der Waals surface area contributed by atoms with Crippen molar-refractivity contribution in [2.45, 2.75) is 75.0 Å². The molecule has 15 nitrogen and oxygen atoms in total. The summed E-state index contributed by atoms with van der Waals surface area (Å²) in [6.07, 6.45) is 0. The first-order valence-corrected chi connectivity index (χ1v) is 44.2. The lowest BCUT2D eigenvalue weighted by molar-refractivity contribution is 0.100. The van der Waals surface area contributed by atoms with Crippen LogP contribution in [0.15, 0.2) is 371 Å². The van der Waals surface area contributed by atoms with Crippen LogP contribution in [-0.2, 0) is 0 Å². The molecule has 130 heavy (non-hydrogen) atoms. The van der Waals surface area contributed by atoms with Gasteiger partial charge in [-0.3, -0.25) is 43.2 Å². The Balaban J connectivity index is 0.652. The number of carbonyl (C=O) groups is 9. The van der Waals surface area contributed by atoms with Gasteiger partial charge in [-0.1, -0.05) is 72.1 Å². The van der Waals surface area contributed by atoms with Gasteiger partial charge in [0.05, 0.1) is 22.7 Å². The Kier molecular flexibility index (Phi) is 22.1. The minimum Gasteiger partial charge on any atom is -0.310 e. The Morgan fingerprint density at radius 3 is 0.554 bits per heavy atom. The molecule has 0 spiro atoms. The molecule has 2 aliphatic heterocycles. The number of hydrogen-bond acceptors (Lipinski definition) is 17. The van der Waals surface area contributed by atoms with Crippen molar-refractivity contribution in [3.05, 3.63) is 407 Å². The number of nitrogens with zero attached hydrogens (tertiary/aromatic N) is 6. The highest BCUT2D eigenvalue weighted by molar-refractivity contribution is 8.00. The Bertz CT molecular complexity index is 6340. The van der Waals surface area contributed by atoms with Gasteiger partial charge in [-0.2, -0.15) is 0 Å². The van der Waals surface area contributed by atoms with Crippen LogP contribution in [0.1, 0.15) is 154 Å². The van der Waals surface area contributed by atoms with E-state index in [1.165, 1.54) is 0 Å². The van der Waals surface area contributed by atoms with Crippen LogP contribution in [0.3, 0.4) is 0 Å². The van der Waals surface area contributed by atoms with Gasteiger partial charge in [0.25, 0.3) is 0 Å². The molecule has 3 aliphatic rings. The molecule has 0 saturated carbocycles. The molecule has 2 heterocycles. The van der Waals surface area contributed by atoms with Crippen LogP contribution in [0.2, 0.25) is 0 Å². The molecular weight excluding hydrogens is 1650 g/mol. The first kappa shape index (κ1) is 83.6. The maximum Gasteiger partial charge on any atom is 0.194 e. The largest absolute Gasteiger partial charge is 0.310 e. The molecule has 19 rings (SSSR count). The number of rotatable bonds is 24. The molecule has 0 saturated heterocycles. The molecule has 17 heteroatoms. The predicted octanol–water partition coefficient (Wildman–Crippen LogP) is 29.6. The van der Waals surface area contributed by atoms with Crippen molar-refractivity contribution < 1.29 is 43.2 Å². The molecule has 0 amide bonds. The van der Waals surface area contributed by atoms with Crippen LogP contribution in [0.5, 0.6) is 0 Å². The van der Waals surface area contributed by atoms with Crippen molar-refractivity contribution in [2.24, 2.45) is 0 Å². The van der Waals surface area contributed by atoms with E-state index < -0.39 is 0 Å². The highest BCUT2D eigenvalue weighted by Crippen LogP contribution is 2.58. The van der Waals surface area contributed by atoms with E-state index in [0.717, 1.165) is 155 Å². The van der Waals surface area contributed by atoms with Crippen molar-refractivity contribution in [3.63, 3.8) is 0 Å². The molecule has 0 atom stereocenters. The third kappa shape index (κ3) is 16.0. The second-order valence-corrected chi connectivity index (χ2v) is 34.8. The maximum absolute atomic E-state index is 15.1. The molecule has 0 aromatic heterocycles. The topological polar surface area (TPSA) is 173 Å². The van der Waals surface area contributed by atoms with Gasteiger partial charge in [-0.25, -0.2) is 0 Å². The number of benzene rings is 16. The first-order chi connectivity index (χ1) is 62.9. The Labute approximate surface area is 761 Å². The van der Waals surface area contributed by atoms with Crippen molar-refractivity contribution in [1.29, 1.82) is 0 Å². The lowest BCUT2D eigenvalue weighted by atomic mass is 9.97. The molecule has 0 N–H and O–H groups in total. The Morgan fingerprint density at radius 2 is 0.369 bits per heavy atom. The summed E-state index contributed by atoms with van der Waals surface area (Å²) in [6.45, 7) is 12.4. The van der Waals surface area contributed by atoms with E-state index in [1.807, 2.05) is 218 Å². The van der Waals surface area contributed by atoms with Gasteiger partial charge in [0.15, 0.2) is 52.0 Å². The van der Waals surface area contributed by atoms with Crippen LogP contribution in [0.4, 0.5) is 102 Å². The van der Waals surface area contributed by atoms with Gasteiger partial charge in [0, 0.05) is 155 Å². The van der Waals surface area contributed by atoms with Crippen molar-refractivity contribution in [3.8, 4) is 33.4 Å². The van der Waals surface area contributed by atoms with E-state index in [2.05, 4.69) is 163 Å². The van der Waals surface area contributed by atoms with Gasteiger partial charge < -0.3 is 29.4 Å². The summed E-state index contributed by atoms with van der Waals surface area (Å²) in [5.74, 6) is -0.473. The number of fused-ring (bicyclic) bond motifs is 7. The van der Waals surface area contributed by atoms with Crippen LogP contribution in [0.25, 0.3) is 33.4 Å². The zero-order valence-corrected chi connectivity index (χ0v) is 73.8. The fourth-order valence-electron chi connectivity index (χ4n) is 17.3. The van der Waals surface area contributed by atoms with Crippen LogP contribution < -0.4 is 29.4 Å². The van der Waals surface area contributed by atoms with Gasteiger partial charge >= 0.3 is 0 Å². The fourth-order valence-corrected chi connectivity index (χ4v) is 19.5. The molecule has 0 bridgehead atoms. The predicted molar refractivity (Wildman–Crippen MR) is 523 cm³/mol. The standard InChI is InChI=1S/C113H82N6O9S2/c1-67(120)75-9-31-87(32-10-75)114(88-33-11-76(12-34-88)68(2)121)97-51-57-105-109(63-97)129-110-64-98(115(89-35-13-77(14-36-89)69(3)122)90-37-15-78(16-38-90)70(4)123)52-58-106(110)118(105)95-47-25-83(26-48-95)85-29-55-101-102-56-30-86(62-104(102)113(128)103(101)61-85)84-27-49-96(50-28-84)119-107-59-53-99(116(91-39-17-79(18-40-91)71(5)124)92-41-19-80(20-42-92)72(6)125)65-111(107)130-112-66-100(54-60-108(112)119)117(93-43-21-81(22-44-93)73(7)126)94-45-23-82(24-46-94)74(8)127/h9-66H,1-8H3. The summed E-state index contributed by atoms with van der Waals surface area (Å²) < 4.78 is 0. The van der Waals surface area contributed by atoms with Crippen molar-refractivity contribution in [2.75, 3.05) is 29.4 Å². The zero-order valence-electron chi connectivity index (χ0n) is 72.2. The number of Topliss-reactive ketones (excluding diaryl/α,β-unsaturated/α-hetero) is 8. The molecule has 630 valence electrons. The van der Waals surface area contributed by atoms with Gasteiger partial charge in [-0.05, 0) is 392 Å². The average Bonchev–Trinajstić information content (AvgIpc) is 0.864. The minimum atomic E-state index is -0.0728. The lowest BCUT2D eigenvalue weighted by Crippen LogP contribution is -2.17. The molecular formula is C113H82N6O9S2. The normalized spacial score (nSPS) is 12.0. The van der Waals surface area contributed by atoms with Gasteiger partial charge in [0.1, 0.15) is 0 Å². The maximum atomic E-state index is 15.1. The summed E-state index contributed by atoms with van der Waals surface area (Å²) in [6, 6.07) is 115. The highest BCUT2D eigenvalue weighted by atomic mass is 32.2. The highest BCUT2D eigenvalue weighted by Gasteiger charge is 2.34. The summed E-state index contributed by atoms with van der Waals surface area (Å²) in [4.78, 5) is 133. The van der Waals surface area contributed by atoms with Crippen molar-refractivity contribution in [1.82, 2.24) is 0 Å². The SMILES string of the molecule is CC(=O)c1ccc(N(c2ccc(C(C)=O)cc2)c2ccc3c(c2)Sc2cc(N(c4ccc(C(C)=O)cc4)c4ccc(C(C)=O)cc4)ccc2N3c2ccc(-c3ccc4c(c3)C(=O)c3cc(-c5ccc(N6c7ccc(N(c8ccc(C(C)=O)cc8)c8ccc(C(C)=O)cc8)cc7Sc7cc(N(c8ccc(C(C)=O)cc8)c8ccc(C(C)=O)cc8)ccc76)cc5)ccc3-4)cc2)cc1. The van der Waals surface area contributed by atoms with Crippen LogP contribution in [0, 0.1) is 0 Å². The molecule has 0 unspecified atom stereocenters. The number of hydrogen-bond donors (Lipinski definition) is 0. The molecule has 16 aromatic rings. The molecule has 0 fully saturated rings. The lowest BCUT2D eigenvalue weighted by Gasteiger charge is -2.35. The summed E-state index contributed by atoms with van der Waals surface area (Å²) >= 11 is 3.25. The third-order valence-electron chi connectivity index (χ3n) is 24.2. The third-order valence-corrected chi connectivity index (χ3v) is 26.4. The first-order valence-electron chi connectivity index (χ1n) is 42.6. The number of carbonyl (C=O) groups excluding carboxylic acids is 9. The van der Waals surface area contributed by atoms with Crippen LogP contribution >= 0.6 is 23.5 Å². The number of anilines is 18. The van der Waals surface area contributed by atoms with E-state index in [4.69, 9.17) is 0 Å². The molecule has 0 radical (unpaired) electrons.